The van der Waals surface area contributed by atoms with Crippen LogP contribution in [0.25, 0.3) is 0 Å². The van der Waals surface area contributed by atoms with Crippen LogP contribution >= 0.6 is 0 Å². The number of hydrogen-bond acceptors (Lipinski definition) is 3. The first-order chi connectivity index (χ1) is 12.9. The van der Waals surface area contributed by atoms with E-state index in [0.29, 0.717) is 31.4 Å². The number of nitrogens with one attached hydrogen (secondary N) is 1. The summed E-state index contributed by atoms with van der Waals surface area (Å²) in [6.07, 6.45) is 2.67. The lowest BCUT2D eigenvalue weighted by molar-refractivity contribution is -0.129. The molecule has 0 saturated heterocycles. The zero-order chi connectivity index (χ0) is 19.3. The third kappa shape index (κ3) is 4.75. The van der Waals surface area contributed by atoms with Gasteiger partial charge in [-0.25, -0.2) is 12.8 Å². The van der Waals surface area contributed by atoms with Crippen molar-refractivity contribution in [2.75, 3.05) is 12.3 Å². The van der Waals surface area contributed by atoms with E-state index in [4.69, 9.17) is 0 Å². The molecule has 27 heavy (non-hydrogen) atoms. The van der Waals surface area contributed by atoms with Crippen LogP contribution in [0.15, 0.2) is 54.6 Å². The van der Waals surface area contributed by atoms with Gasteiger partial charge in [0, 0.05) is 6.54 Å². The summed E-state index contributed by atoms with van der Waals surface area (Å²) in [6, 6.07) is 15.2. The van der Waals surface area contributed by atoms with Crippen molar-refractivity contribution in [3.63, 3.8) is 0 Å². The minimum Gasteiger partial charge on any atom is -0.355 e. The molecule has 0 aliphatic heterocycles. The number of halogens is 1. The number of carbonyl (C=O) groups is 1. The van der Waals surface area contributed by atoms with E-state index in [1.165, 1.54) is 12.1 Å². The van der Waals surface area contributed by atoms with E-state index in [1.54, 1.807) is 24.3 Å². The lowest BCUT2D eigenvalue weighted by Crippen LogP contribution is -2.49. The largest absolute Gasteiger partial charge is 0.355 e. The monoisotopic (exact) mass is 389 g/mol. The Labute approximate surface area is 159 Å². The molecule has 2 aromatic rings. The molecule has 0 bridgehead atoms. The third-order valence-electron chi connectivity index (χ3n) is 5.17. The van der Waals surface area contributed by atoms with Gasteiger partial charge in [0.25, 0.3) is 0 Å². The van der Waals surface area contributed by atoms with Gasteiger partial charge in [-0.05, 0) is 42.5 Å². The van der Waals surface area contributed by atoms with Crippen LogP contribution in [0, 0.1) is 5.82 Å². The van der Waals surface area contributed by atoms with Crippen LogP contribution in [0.3, 0.4) is 0 Å². The maximum atomic E-state index is 13.5. The Bertz CT molecular complexity index is 893. The van der Waals surface area contributed by atoms with Gasteiger partial charge in [-0.3, -0.25) is 4.79 Å². The molecule has 0 aromatic heterocycles. The van der Waals surface area contributed by atoms with Crippen LogP contribution in [0.1, 0.15) is 36.8 Å². The molecule has 3 rings (SSSR count). The zero-order valence-corrected chi connectivity index (χ0v) is 16.0. The van der Waals surface area contributed by atoms with Crippen molar-refractivity contribution < 1.29 is 17.6 Å². The molecule has 1 fully saturated rings. The average Bonchev–Trinajstić information content (AvgIpc) is 2.58. The quantitative estimate of drug-likeness (QED) is 0.704. The number of hydrogen-bond donors (Lipinski definition) is 1. The minimum absolute atomic E-state index is 0.00894. The molecule has 4 nitrogen and oxygen atoms in total. The second kappa shape index (κ2) is 8.21. The van der Waals surface area contributed by atoms with Crippen LogP contribution in [0.5, 0.6) is 0 Å². The molecule has 1 N–H and O–H groups in total. The molecule has 1 aliphatic rings. The number of sulfone groups is 1. The maximum Gasteiger partial charge on any atom is 0.230 e. The number of carbonyl (C=O) groups excluding carboxylic acids is 1. The lowest BCUT2D eigenvalue weighted by atomic mass is 9.64. The summed E-state index contributed by atoms with van der Waals surface area (Å²) in [5, 5.41) is 2.85. The van der Waals surface area contributed by atoms with E-state index in [-0.39, 0.29) is 23.2 Å². The predicted molar refractivity (Wildman–Crippen MR) is 103 cm³/mol. The highest BCUT2D eigenvalue weighted by atomic mass is 32.2. The molecule has 0 unspecified atom stereocenters. The maximum absolute atomic E-state index is 13.5. The fraction of sp³-hybridized carbons (Fsp3) is 0.381. The number of benzene rings is 2. The Balaban J connectivity index is 1.52. The summed E-state index contributed by atoms with van der Waals surface area (Å²) in [5.74, 6) is -0.456. The fourth-order valence-corrected chi connectivity index (χ4v) is 4.96. The molecule has 2 aromatic carbocycles. The molecule has 0 spiro atoms. The highest BCUT2D eigenvalue weighted by Crippen LogP contribution is 2.44. The van der Waals surface area contributed by atoms with Crippen LogP contribution < -0.4 is 5.32 Å². The van der Waals surface area contributed by atoms with E-state index in [0.717, 1.165) is 12.0 Å². The zero-order valence-electron chi connectivity index (χ0n) is 15.2. The van der Waals surface area contributed by atoms with Crippen molar-refractivity contribution in [1.29, 1.82) is 0 Å². The van der Waals surface area contributed by atoms with Crippen molar-refractivity contribution in [2.45, 2.75) is 36.9 Å². The second-order valence-electron chi connectivity index (χ2n) is 7.13. The van der Waals surface area contributed by atoms with Crippen LogP contribution in [0.2, 0.25) is 0 Å². The van der Waals surface area contributed by atoms with Gasteiger partial charge in [0.05, 0.1) is 16.9 Å². The Kier molecular flexibility index (Phi) is 5.95. The summed E-state index contributed by atoms with van der Waals surface area (Å²) >= 11 is 0. The Morgan fingerprint density at radius 3 is 2.44 bits per heavy atom. The summed E-state index contributed by atoms with van der Waals surface area (Å²) < 4.78 is 38.0. The van der Waals surface area contributed by atoms with Crippen LogP contribution in [0.4, 0.5) is 4.39 Å². The third-order valence-corrected chi connectivity index (χ3v) is 6.85. The van der Waals surface area contributed by atoms with Gasteiger partial charge in [0.15, 0.2) is 9.84 Å². The van der Waals surface area contributed by atoms with Crippen molar-refractivity contribution >= 4 is 15.7 Å². The van der Waals surface area contributed by atoms with Gasteiger partial charge in [0.2, 0.25) is 5.91 Å². The van der Waals surface area contributed by atoms with Gasteiger partial charge in [-0.2, -0.15) is 0 Å². The normalized spacial score (nSPS) is 15.7. The Morgan fingerprint density at radius 2 is 1.81 bits per heavy atom. The van der Waals surface area contributed by atoms with Crippen LogP contribution in [-0.2, 0) is 25.8 Å². The predicted octanol–water partition coefficient (Wildman–Crippen LogP) is 3.37. The highest BCUT2D eigenvalue weighted by molar-refractivity contribution is 7.90. The van der Waals surface area contributed by atoms with Crippen molar-refractivity contribution in [1.82, 2.24) is 5.32 Å². The fourth-order valence-electron chi connectivity index (χ4n) is 3.53. The molecule has 1 amide bonds. The highest BCUT2D eigenvalue weighted by Gasteiger charge is 2.45. The number of amides is 1. The molecule has 144 valence electrons. The van der Waals surface area contributed by atoms with Gasteiger partial charge < -0.3 is 5.32 Å². The first-order valence-corrected chi connectivity index (χ1v) is 11.0. The summed E-state index contributed by atoms with van der Waals surface area (Å²) in [4.78, 5) is 12.7. The van der Waals surface area contributed by atoms with E-state index < -0.39 is 15.3 Å². The topological polar surface area (TPSA) is 63.2 Å². The molecule has 0 atom stereocenters. The molecule has 1 aliphatic carbocycles. The Hall–Kier alpha value is -2.21. The lowest BCUT2D eigenvalue weighted by Gasteiger charge is -2.40. The summed E-state index contributed by atoms with van der Waals surface area (Å²) in [6.45, 7) is 0.296. The van der Waals surface area contributed by atoms with E-state index >= 15 is 0 Å². The number of rotatable bonds is 8. The van der Waals surface area contributed by atoms with Gasteiger partial charge in [0.1, 0.15) is 5.82 Å². The van der Waals surface area contributed by atoms with Crippen LogP contribution in [-0.4, -0.2) is 26.6 Å². The molecule has 6 heteroatoms. The SMILES string of the molecule is O=C(NCCCS(=O)(=O)Cc1ccccc1)C1(c2cccc(F)c2)CCC1. The first-order valence-electron chi connectivity index (χ1n) is 9.20. The van der Waals surface area contributed by atoms with Crippen molar-refractivity contribution in [3.05, 3.63) is 71.5 Å². The molecule has 0 heterocycles. The van der Waals surface area contributed by atoms with E-state index in [2.05, 4.69) is 5.32 Å². The first kappa shape index (κ1) is 19.5. The van der Waals surface area contributed by atoms with Gasteiger partial charge >= 0.3 is 0 Å². The van der Waals surface area contributed by atoms with Crippen molar-refractivity contribution in [3.8, 4) is 0 Å². The van der Waals surface area contributed by atoms with Gasteiger partial charge in [-0.15, -0.1) is 0 Å². The molecule has 0 radical (unpaired) electrons. The Morgan fingerprint density at radius 1 is 1.07 bits per heavy atom. The standard InChI is InChI=1S/C21H24FNO3S/c22-19-10-4-9-18(15-19)21(11-5-12-21)20(24)23-13-6-14-27(25,26)16-17-7-2-1-3-8-17/h1-4,7-10,15H,5-6,11-14,16H2,(H,23,24). The smallest absolute Gasteiger partial charge is 0.230 e. The second-order valence-corrected chi connectivity index (χ2v) is 9.32. The summed E-state index contributed by atoms with van der Waals surface area (Å²) in [5.41, 5.74) is 0.786. The van der Waals surface area contributed by atoms with Crippen molar-refractivity contribution in [2.24, 2.45) is 0 Å². The van der Waals surface area contributed by atoms with E-state index in [1.807, 2.05) is 18.2 Å². The summed E-state index contributed by atoms with van der Waals surface area (Å²) in [7, 11) is -3.22. The van der Waals surface area contributed by atoms with E-state index in [9.17, 15) is 17.6 Å². The molecular formula is C21H24FNO3S. The molecular weight excluding hydrogens is 365 g/mol. The van der Waals surface area contributed by atoms with Gasteiger partial charge in [-0.1, -0.05) is 48.9 Å². The molecule has 1 saturated carbocycles. The average molecular weight is 389 g/mol. The minimum atomic E-state index is -3.22.